The number of rotatable bonds is 5. The Hall–Kier alpha value is -2.27. The summed E-state index contributed by atoms with van der Waals surface area (Å²) in [6.45, 7) is 6.95. The van der Waals surface area contributed by atoms with Crippen LogP contribution in [0.5, 0.6) is 5.75 Å². The molecule has 132 valence electrons. The molecule has 25 heavy (non-hydrogen) atoms. The predicted octanol–water partition coefficient (Wildman–Crippen LogP) is 4.36. The van der Waals surface area contributed by atoms with E-state index in [1.165, 1.54) is 0 Å². The van der Waals surface area contributed by atoms with Crippen molar-refractivity contribution >= 4 is 22.6 Å². The summed E-state index contributed by atoms with van der Waals surface area (Å²) in [4.78, 5) is 16.0. The van der Waals surface area contributed by atoms with Gasteiger partial charge in [0.05, 0.1) is 21.8 Å². The molecule has 0 saturated carbocycles. The standard InChI is InChI=1S/C19H22ClN3O2/c1-4-14-15-17(24)18(25)16(12-7-5-6-8-13(12)20)21-19(15)23(22-14)10-9-11(2)3/h5-8,11,25H,4,9-10H2,1-3H3,(H,21,24). The number of nitrogens with zero attached hydrogens (tertiary/aromatic N) is 2. The summed E-state index contributed by atoms with van der Waals surface area (Å²) in [5.74, 6) is 0.204. The van der Waals surface area contributed by atoms with Crippen molar-refractivity contribution in [3.05, 3.63) is 45.2 Å². The van der Waals surface area contributed by atoms with Crippen LogP contribution in [-0.2, 0) is 13.0 Å². The monoisotopic (exact) mass is 359 g/mol. The van der Waals surface area contributed by atoms with E-state index in [4.69, 9.17) is 11.6 Å². The fourth-order valence-electron chi connectivity index (χ4n) is 2.94. The lowest BCUT2D eigenvalue weighted by Gasteiger charge is -2.10. The molecule has 0 saturated heterocycles. The van der Waals surface area contributed by atoms with E-state index in [9.17, 15) is 9.90 Å². The summed E-state index contributed by atoms with van der Waals surface area (Å²) >= 11 is 6.25. The molecule has 3 rings (SSSR count). The topological polar surface area (TPSA) is 70.9 Å². The van der Waals surface area contributed by atoms with Gasteiger partial charge in [0, 0.05) is 12.1 Å². The summed E-state index contributed by atoms with van der Waals surface area (Å²) in [6, 6.07) is 7.12. The van der Waals surface area contributed by atoms with E-state index in [1.54, 1.807) is 12.1 Å². The largest absolute Gasteiger partial charge is 0.503 e. The van der Waals surface area contributed by atoms with Crippen LogP contribution in [0, 0.1) is 5.92 Å². The van der Waals surface area contributed by atoms with Crippen molar-refractivity contribution in [2.24, 2.45) is 5.92 Å². The van der Waals surface area contributed by atoms with Crippen LogP contribution in [0.15, 0.2) is 29.1 Å². The van der Waals surface area contributed by atoms with Crippen molar-refractivity contribution < 1.29 is 5.11 Å². The Morgan fingerprint density at radius 3 is 2.68 bits per heavy atom. The van der Waals surface area contributed by atoms with Crippen LogP contribution in [0.4, 0.5) is 0 Å². The first kappa shape index (κ1) is 17.5. The first-order chi connectivity index (χ1) is 11.9. The molecule has 0 radical (unpaired) electrons. The Morgan fingerprint density at radius 2 is 2.04 bits per heavy atom. The maximum atomic E-state index is 12.8. The van der Waals surface area contributed by atoms with E-state index in [-0.39, 0.29) is 5.75 Å². The Bertz CT molecular complexity index is 973. The Kier molecular flexibility index (Phi) is 4.86. The van der Waals surface area contributed by atoms with Gasteiger partial charge in [0.15, 0.2) is 5.75 Å². The smallest absolute Gasteiger partial charge is 0.235 e. The molecule has 0 fully saturated rings. The van der Waals surface area contributed by atoms with Gasteiger partial charge < -0.3 is 10.1 Å². The van der Waals surface area contributed by atoms with Gasteiger partial charge in [-0.3, -0.25) is 4.79 Å². The molecule has 6 heteroatoms. The lowest BCUT2D eigenvalue weighted by Crippen LogP contribution is -2.08. The molecule has 2 N–H and O–H groups in total. The van der Waals surface area contributed by atoms with Crippen molar-refractivity contribution in [3.8, 4) is 17.0 Å². The zero-order chi connectivity index (χ0) is 18.1. The highest BCUT2D eigenvalue weighted by Gasteiger charge is 2.20. The van der Waals surface area contributed by atoms with Gasteiger partial charge >= 0.3 is 0 Å². The molecule has 5 nitrogen and oxygen atoms in total. The molecule has 3 aromatic rings. The molecular formula is C19H22ClN3O2. The quantitative estimate of drug-likeness (QED) is 0.711. The number of H-pyrrole nitrogens is 1. The van der Waals surface area contributed by atoms with Gasteiger partial charge in [-0.15, -0.1) is 0 Å². The highest BCUT2D eigenvalue weighted by molar-refractivity contribution is 6.33. The number of halogens is 1. The number of fused-ring (bicyclic) bond motifs is 1. The average molecular weight is 360 g/mol. The second-order valence-corrected chi connectivity index (χ2v) is 6.99. The SMILES string of the molecule is CCc1nn(CCC(C)C)c2[nH]c(-c3ccccc3Cl)c(O)c(=O)c12. The molecule has 0 aliphatic carbocycles. The van der Waals surface area contributed by atoms with Crippen molar-refractivity contribution in [1.29, 1.82) is 0 Å². The molecule has 0 bridgehead atoms. The van der Waals surface area contributed by atoms with E-state index < -0.39 is 5.43 Å². The number of hydrogen-bond donors (Lipinski definition) is 2. The molecule has 0 unspecified atom stereocenters. The summed E-state index contributed by atoms with van der Waals surface area (Å²) in [7, 11) is 0. The van der Waals surface area contributed by atoms with E-state index in [0.29, 0.717) is 51.9 Å². The Morgan fingerprint density at radius 1 is 1.32 bits per heavy atom. The maximum Gasteiger partial charge on any atom is 0.235 e. The zero-order valence-electron chi connectivity index (χ0n) is 14.6. The summed E-state index contributed by atoms with van der Waals surface area (Å²) in [5.41, 5.74) is 1.85. The van der Waals surface area contributed by atoms with Gasteiger partial charge in [-0.25, -0.2) is 4.68 Å². The number of benzene rings is 1. The van der Waals surface area contributed by atoms with Crippen molar-refractivity contribution in [1.82, 2.24) is 14.8 Å². The minimum Gasteiger partial charge on any atom is -0.503 e. The van der Waals surface area contributed by atoms with Crippen LogP contribution in [0.3, 0.4) is 0 Å². The van der Waals surface area contributed by atoms with Crippen LogP contribution in [0.1, 0.15) is 32.9 Å². The normalized spacial score (nSPS) is 11.6. The molecule has 2 aromatic heterocycles. The second-order valence-electron chi connectivity index (χ2n) is 6.59. The minimum absolute atomic E-state index is 0.321. The van der Waals surface area contributed by atoms with Gasteiger partial charge in [0.1, 0.15) is 5.65 Å². The summed E-state index contributed by atoms with van der Waals surface area (Å²) < 4.78 is 1.83. The third-order valence-corrected chi connectivity index (χ3v) is 4.67. The van der Waals surface area contributed by atoms with E-state index in [1.807, 2.05) is 23.7 Å². The summed E-state index contributed by atoms with van der Waals surface area (Å²) in [6.07, 6.45) is 1.57. The van der Waals surface area contributed by atoms with Crippen molar-refractivity contribution in [3.63, 3.8) is 0 Å². The number of nitrogens with one attached hydrogen (secondary N) is 1. The molecule has 2 heterocycles. The molecule has 0 aliphatic rings. The van der Waals surface area contributed by atoms with Crippen LogP contribution in [0.25, 0.3) is 22.3 Å². The third-order valence-electron chi connectivity index (χ3n) is 4.34. The highest BCUT2D eigenvalue weighted by atomic mass is 35.5. The van der Waals surface area contributed by atoms with Crippen LogP contribution < -0.4 is 5.43 Å². The highest BCUT2D eigenvalue weighted by Crippen LogP contribution is 2.32. The summed E-state index contributed by atoms with van der Waals surface area (Å²) in [5, 5.41) is 16.0. The Labute approximate surface area is 151 Å². The average Bonchev–Trinajstić information content (AvgIpc) is 2.95. The minimum atomic E-state index is -0.406. The second kappa shape index (κ2) is 6.92. The fourth-order valence-corrected chi connectivity index (χ4v) is 3.17. The van der Waals surface area contributed by atoms with Crippen LogP contribution in [-0.4, -0.2) is 19.9 Å². The fraction of sp³-hybridized carbons (Fsp3) is 0.368. The van der Waals surface area contributed by atoms with E-state index in [2.05, 4.69) is 23.9 Å². The third kappa shape index (κ3) is 3.16. The molecule has 0 atom stereocenters. The molecule has 0 spiro atoms. The van der Waals surface area contributed by atoms with Crippen LogP contribution >= 0.6 is 11.6 Å². The molecule has 1 aromatic carbocycles. The maximum absolute atomic E-state index is 12.8. The van der Waals surface area contributed by atoms with Gasteiger partial charge in [0.25, 0.3) is 0 Å². The number of aromatic nitrogens is 3. The van der Waals surface area contributed by atoms with E-state index >= 15 is 0 Å². The first-order valence-electron chi connectivity index (χ1n) is 8.53. The number of hydrogen-bond acceptors (Lipinski definition) is 3. The Balaban J connectivity index is 2.28. The van der Waals surface area contributed by atoms with E-state index in [0.717, 1.165) is 6.42 Å². The van der Waals surface area contributed by atoms with Crippen molar-refractivity contribution in [2.45, 2.75) is 40.2 Å². The van der Waals surface area contributed by atoms with Crippen LogP contribution in [0.2, 0.25) is 5.02 Å². The van der Waals surface area contributed by atoms with Crippen molar-refractivity contribution in [2.75, 3.05) is 0 Å². The zero-order valence-corrected chi connectivity index (χ0v) is 15.4. The predicted molar refractivity (Wildman–Crippen MR) is 101 cm³/mol. The van der Waals surface area contributed by atoms with Gasteiger partial charge in [-0.2, -0.15) is 5.10 Å². The number of aryl methyl sites for hydroxylation is 2. The number of aromatic amines is 1. The lowest BCUT2D eigenvalue weighted by atomic mass is 10.1. The lowest BCUT2D eigenvalue weighted by molar-refractivity contribution is 0.470. The van der Waals surface area contributed by atoms with Gasteiger partial charge in [-0.1, -0.05) is 50.6 Å². The molecule has 0 amide bonds. The number of aromatic hydroxyl groups is 1. The van der Waals surface area contributed by atoms with Gasteiger partial charge in [-0.05, 0) is 24.8 Å². The molecule has 0 aliphatic heterocycles. The first-order valence-corrected chi connectivity index (χ1v) is 8.91. The number of pyridine rings is 1. The van der Waals surface area contributed by atoms with Gasteiger partial charge in [0.2, 0.25) is 5.43 Å². The molecular weight excluding hydrogens is 338 g/mol.